The van der Waals surface area contributed by atoms with E-state index in [2.05, 4.69) is 73.9 Å². The Morgan fingerprint density at radius 2 is 1.25 bits per heavy atom. The molecule has 5 aromatic carbocycles. The Bertz CT molecular complexity index is 2250. The zero-order valence-electron chi connectivity index (χ0n) is 27.3. The van der Waals surface area contributed by atoms with Crippen molar-refractivity contribution in [1.82, 2.24) is 0 Å². The van der Waals surface area contributed by atoms with Crippen LogP contribution in [-0.2, 0) is 19.9 Å². The van der Waals surface area contributed by atoms with Crippen LogP contribution in [0.3, 0.4) is 0 Å². The monoisotopic (exact) mass is 963 g/mol. The highest BCUT2D eigenvalue weighted by Gasteiger charge is 2.53. The van der Waals surface area contributed by atoms with Crippen LogP contribution in [0.2, 0.25) is 0 Å². The normalized spacial score (nSPS) is 14.1. The van der Waals surface area contributed by atoms with Crippen molar-refractivity contribution in [2.75, 3.05) is 19.0 Å². The molecule has 5 aromatic rings. The van der Waals surface area contributed by atoms with E-state index in [0.717, 1.165) is 5.69 Å². The molecule has 51 heavy (non-hydrogen) atoms. The minimum Gasteiger partial charge on any atom is -0.506 e. The van der Waals surface area contributed by atoms with Crippen molar-refractivity contribution in [2.24, 2.45) is 10.2 Å². The van der Waals surface area contributed by atoms with Gasteiger partial charge in [-0.15, -0.1) is 5.11 Å². The van der Waals surface area contributed by atoms with Gasteiger partial charge in [0.1, 0.15) is 22.1 Å². The van der Waals surface area contributed by atoms with E-state index in [1.807, 2.05) is 43.3 Å². The third-order valence-electron chi connectivity index (χ3n) is 8.18. The maximum absolute atomic E-state index is 13.1. The first-order chi connectivity index (χ1) is 24.0. The molecule has 1 aliphatic rings. The Labute approximate surface area is 328 Å². The highest BCUT2D eigenvalue weighted by atomic mass is 79.9. The number of anilines is 1. The zero-order chi connectivity index (χ0) is 37.4. The average Bonchev–Trinajstić information content (AvgIpc) is 3.36. The molecule has 0 fully saturated rings. The molecule has 15 heteroatoms. The van der Waals surface area contributed by atoms with Crippen molar-refractivity contribution in [2.45, 2.75) is 24.3 Å². The van der Waals surface area contributed by atoms with Gasteiger partial charge >= 0.3 is 5.97 Å². The number of fused-ring (bicyclic) bond motifs is 1. The summed E-state index contributed by atoms with van der Waals surface area (Å²) in [5.41, 5.74) is 3.36. The second kappa shape index (κ2) is 15.2. The number of phenols is 2. The average molecular weight is 967 g/mol. The molecule has 0 saturated heterocycles. The Morgan fingerprint density at radius 1 is 0.745 bits per heavy atom. The molecule has 0 bridgehead atoms. The molecular weight excluding hydrogens is 938 g/mol. The molecule has 0 spiro atoms. The number of aromatic hydroxyl groups is 2. The molecule has 0 saturated carbocycles. The topological polar surface area (TPSA) is 149 Å². The molecule has 0 amide bonds. The van der Waals surface area contributed by atoms with Crippen molar-refractivity contribution in [1.29, 1.82) is 0 Å². The number of rotatable bonds is 6. The minimum atomic E-state index is -4.10. The van der Waals surface area contributed by atoms with E-state index in [0.29, 0.717) is 57.1 Å². The number of nitrogens with zero attached hydrogens (tertiary/aromatic N) is 3. The van der Waals surface area contributed by atoms with Gasteiger partial charge in [-0.05, 0) is 154 Å². The van der Waals surface area contributed by atoms with Crippen molar-refractivity contribution >= 4 is 96.9 Å². The summed E-state index contributed by atoms with van der Waals surface area (Å²) in [4.78, 5) is 13.1. The Hall–Kier alpha value is -3.60. The second-order valence-electron chi connectivity index (χ2n) is 11.5. The first-order valence-corrected chi connectivity index (χ1v) is 19.5. The van der Waals surface area contributed by atoms with Gasteiger partial charge in [0.25, 0.3) is 10.1 Å². The van der Waals surface area contributed by atoms with E-state index in [1.54, 1.807) is 62.4 Å². The van der Waals surface area contributed by atoms with E-state index >= 15 is 0 Å². The molecule has 264 valence electrons. The van der Waals surface area contributed by atoms with Crippen LogP contribution in [0.25, 0.3) is 0 Å². The summed E-state index contributed by atoms with van der Waals surface area (Å²) in [6.45, 7) is 3.54. The first-order valence-electron chi connectivity index (χ1n) is 14.9. The number of hydrogen-bond donors (Lipinski definition) is 3. The van der Waals surface area contributed by atoms with Crippen LogP contribution in [0.15, 0.2) is 118 Å². The van der Waals surface area contributed by atoms with Gasteiger partial charge < -0.3 is 20.2 Å². The van der Waals surface area contributed by atoms with Crippen LogP contribution in [0.1, 0.15) is 38.2 Å². The van der Waals surface area contributed by atoms with Gasteiger partial charge in [-0.3, -0.25) is 0 Å². The summed E-state index contributed by atoms with van der Waals surface area (Å²) in [5, 5.41) is 37.9. The van der Waals surface area contributed by atoms with Gasteiger partial charge in [0.2, 0.25) is 0 Å². The molecule has 1 heterocycles. The fraction of sp³-hybridized carbons (Fsp3) is 0.139. The number of carboxylic acid groups (broad SMARTS) is 1. The lowest BCUT2D eigenvalue weighted by atomic mass is 9.77. The summed E-state index contributed by atoms with van der Waals surface area (Å²) in [5.74, 6) is -1.02. The summed E-state index contributed by atoms with van der Waals surface area (Å²) >= 11 is 13.5. The van der Waals surface area contributed by atoms with E-state index in [9.17, 15) is 23.4 Å². The second-order valence-corrected chi connectivity index (χ2v) is 16.3. The highest BCUT2D eigenvalue weighted by molar-refractivity contribution is 9.11. The number of azo groups is 1. The van der Waals surface area contributed by atoms with Gasteiger partial charge in [-0.1, -0.05) is 30.3 Å². The third-order valence-corrected chi connectivity index (χ3v) is 12.7. The lowest BCUT2D eigenvalue weighted by Gasteiger charge is -2.33. The molecule has 6 rings (SSSR count). The molecule has 0 aromatic heterocycles. The lowest BCUT2D eigenvalue weighted by molar-refractivity contribution is 0.0697. The quantitative estimate of drug-likeness (QED) is 0.113. The Kier molecular flexibility index (Phi) is 11.5. The van der Waals surface area contributed by atoms with Crippen LogP contribution in [0.4, 0.5) is 17.1 Å². The SMILES string of the molecule is CN(C)c1ccc(N=Nc2ccccc2C(=O)O)cc1.Cc1c(C2(c3cc(Br)c(O)c(Br)c3C)OS(=O)(=O)c3ccccc32)cc(Br)c(O)c1Br. The van der Waals surface area contributed by atoms with Crippen molar-refractivity contribution < 1.29 is 32.7 Å². The number of halogens is 4. The number of phenolic OH excluding ortho intramolecular Hbond substituents is 2. The molecule has 1 aliphatic heterocycles. The van der Waals surface area contributed by atoms with Crippen molar-refractivity contribution in [3.8, 4) is 11.5 Å². The summed E-state index contributed by atoms with van der Waals surface area (Å²) < 4.78 is 33.8. The molecular formula is C36H29Br4N3O7S. The van der Waals surface area contributed by atoms with Crippen LogP contribution in [0, 0.1) is 13.8 Å². The molecule has 3 N–H and O–H groups in total. The number of hydrogen-bond acceptors (Lipinski definition) is 9. The number of carbonyl (C=O) groups is 1. The fourth-order valence-electron chi connectivity index (χ4n) is 5.56. The molecule has 0 aliphatic carbocycles. The number of benzene rings is 5. The van der Waals surface area contributed by atoms with E-state index in [4.69, 9.17) is 9.29 Å². The summed E-state index contributed by atoms with van der Waals surface area (Å²) in [6.07, 6.45) is 0. The molecule has 10 nitrogen and oxygen atoms in total. The standard InChI is InChI=1S/C21H14Br4O5S.C15H15N3O2/c1-9-12(7-14(22)19(26)17(9)24)21(13-8-15(23)20(27)18(25)10(13)2)11-5-3-4-6-16(11)31(28,29)30-21;1-18(2)12-9-7-11(8-10-12)16-17-14-6-4-3-5-13(14)15(19)20/h3-8,26-27H,1-2H3;3-10H,1-2H3,(H,19,20). The van der Waals surface area contributed by atoms with Gasteiger partial charge in [0, 0.05) is 25.3 Å². The molecule has 0 atom stereocenters. The van der Waals surface area contributed by atoms with Crippen molar-refractivity contribution in [3.63, 3.8) is 0 Å². The largest absolute Gasteiger partial charge is 0.506 e. The number of aromatic carboxylic acids is 1. The molecule has 0 radical (unpaired) electrons. The Morgan fingerprint density at radius 3 is 1.78 bits per heavy atom. The van der Waals surface area contributed by atoms with E-state index in [1.165, 1.54) is 12.1 Å². The van der Waals surface area contributed by atoms with Crippen molar-refractivity contribution in [3.05, 3.63) is 136 Å². The maximum Gasteiger partial charge on any atom is 0.337 e. The smallest absolute Gasteiger partial charge is 0.337 e. The van der Waals surface area contributed by atoms with Crippen LogP contribution >= 0.6 is 63.7 Å². The zero-order valence-corrected chi connectivity index (χ0v) is 34.5. The first kappa shape index (κ1) is 38.6. The van der Waals surface area contributed by atoms with E-state index in [-0.39, 0.29) is 22.0 Å². The number of carboxylic acids is 1. The lowest BCUT2D eigenvalue weighted by Crippen LogP contribution is -2.32. The summed E-state index contributed by atoms with van der Waals surface area (Å²) in [6, 6.07) is 24.0. The van der Waals surface area contributed by atoms with Gasteiger partial charge in [0.05, 0.1) is 29.1 Å². The predicted molar refractivity (Wildman–Crippen MR) is 209 cm³/mol. The summed E-state index contributed by atoms with van der Waals surface area (Å²) in [7, 11) is -0.185. The maximum atomic E-state index is 13.1. The predicted octanol–water partition coefficient (Wildman–Crippen LogP) is 10.6. The minimum absolute atomic E-state index is 0.00433. The van der Waals surface area contributed by atoms with Gasteiger partial charge in [-0.2, -0.15) is 13.5 Å². The fourth-order valence-corrected chi connectivity index (χ4v) is 9.22. The van der Waals surface area contributed by atoms with Gasteiger partial charge in [-0.25, -0.2) is 8.98 Å². The molecule has 0 unspecified atom stereocenters. The Balaban J connectivity index is 0.000000218. The van der Waals surface area contributed by atoms with Crippen LogP contribution in [0.5, 0.6) is 11.5 Å². The van der Waals surface area contributed by atoms with Crippen LogP contribution in [-0.4, -0.2) is 43.8 Å². The van der Waals surface area contributed by atoms with Crippen LogP contribution < -0.4 is 4.90 Å². The highest BCUT2D eigenvalue weighted by Crippen LogP contribution is 2.56. The van der Waals surface area contributed by atoms with Gasteiger partial charge in [0.15, 0.2) is 5.60 Å². The third kappa shape index (κ3) is 7.37. The van der Waals surface area contributed by atoms with E-state index < -0.39 is 21.7 Å².